The zero-order valence-corrected chi connectivity index (χ0v) is 15.6. The van der Waals surface area contributed by atoms with E-state index in [9.17, 15) is 9.18 Å². The normalized spacial score (nSPS) is 15.8. The third-order valence-electron chi connectivity index (χ3n) is 5.28. The minimum absolute atomic E-state index is 0.0393. The lowest BCUT2D eigenvalue weighted by atomic mass is 9.90. The first-order valence-corrected chi connectivity index (χ1v) is 9.55. The molecule has 1 aliphatic heterocycles. The summed E-state index contributed by atoms with van der Waals surface area (Å²) in [5.41, 5.74) is 3.17. The van der Waals surface area contributed by atoms with Crippen LogP contribution in [0.1, 0.15) is 18.5 Å². The van der Waals surface area contributed by atoms with Gasteiger partial charge >= 0.3 is 0 Å². The molecule has 6 nitrogen and oxygen atoms in total. The van der Waals surface area contributed by atoms with Crippen LogP contribution in [-0.4, -0.2) is 56.9 Å². The summed E-state index contributed by atoms with van der Waals surface area (Å²) in [5, 5.41) is 0.929. The number of fused-ring (bicyclic) bond motifs is 1. The predicted octanol–water partition coefficient (Wildman–Crippen LogP) is 2.88. The topological polar surface area (TPSA) is 71.9 Å². The molecular formula is C21H22FN5O. The van der Waals surface area contributed by atoms with Gasteiger partial charge in [-0.1, -0.05) is 0 Å². The Bertz CT molecular complexity index is 957. The van der Waals surface area contributed by atoms with Gasteiger partial charge in [-0.15, -0.1) is 0 Å². The monoisotopic (exact) mass is 379 g/mol. The van der Waals surface area contributed by atoms with Gasteiger partial charge in [0.25, 0.3) is 0 Å². The van der Waals surface area contributed by atoms with E-state index in [-0.39, 0.29) is 18.4 Å². The van der Waals surface area contributed by atoms with Crippen molar-refractivity contribution in [3.05, 3.63) is 48.8 Å². The van der Waals surface area contributed by atoms with E-state index in [1.165, 1.54) is 0 Å². The van der Waals surface area contributed by atoms with E-state index in [4.69, 9.17) is 0 Å². The standard InChI is InChI=1S/C21H22FN5O/c22-3-8-27-6-1-15(2-7-27)21(28)11-18-10-16-9-17(12-26-20(16)14-25-18)19-13-23-4-5-24-19/h4-5,9-10,12-15H,1-3,6-8,11H2. The molecule has 0 spiro atoms. The first kappa shape index (κ1) is 18.6. The maximum Gasteiger partial charge on any atom is 0.142 e. The molecule has 0 aromatic carbocycles. The number of hydrogen-bond acceptors (Lipinski definition) is 6. The SMILES string of the molecule is O=C(Cc1cc2cc(-c3cnccn3)cnc2cn1)C1CCN(CCF)CC1. The van der Waals surface area contributed by atoms with Gasteiger partial charge in [0, 0.05) is 54.1 Å². The Balaban J connectivity index is 1.47. The second kappa shape index (κ2) is 8.48. The molecule has 3 aromatic rings. The third kappa shape index (κ3) is 4.20. The molecule has 28 heavy (non-hydrogen) atoms. The van der Waals surface area contributed by atoms with Crippen LogP contribution in [0, 0.1) is 5.92 Å². The largest absolute Gasteiger partial charge is 0.301 e. The molecule has 0 radical (unpaired) electrons. The van der Waals surface area contributed by atoms with Gasteiger partial charge in [-0.05, 0) is 38.1 Å². The number of alkyl halides is 1. The fraction of sp³-hybridized carbons (Fsp3) is 0.381. The summed E-state index contributed by atoms with van der Waals surface area (Å²) in [6, 6.07) is 3.93. The molecule has 3 aromatic heterocycles. The molecule has 0 saturated carbocycles. The number of carbonyl (C=O) groups is 1. The van der Waals surface area contributed by atoms with Crippen molar-refractivity contribution in [2.75, 3.05) is 26.3 Å². The summed E-state index contributed by atoms with van der Waals surface area (Å²) in [7, 11) is 0. The molecule has 1 fully saturated rings. The predicted molar refractivity (Wildman–Crippen MR) is 104 cm³/mol. The number of rotatable bonds is 6. The van der Waals surface area contributed by atoms with Crippen LogP contribution in [0.25, 0.3) is 22.2 Å². The molecule has 0 N–H and O–H groups in total. The minimum atomic E-state index is -0.329. The number of piperidine rings is 1. The van der Waals surface area contributed by atoms with Crippen LogP contribution >= 0.6 is 0 Å². The Kier molecular flexibility index (Phi) is 5.62. The number of likely N-dealkylation sites (tertiary alicyclic amines) is 1. The van der Waals surface area contributed by atoms with Crippen molar-refractivity contribution in [2.45, 2.75) is 19.3 Å². The van der Waals surface area contributed by atoms with Crippen LogP contribution < -0.4 is 0 Å². The highest BCUT2D eigenvalue weighted by Crippen LogP contribution is 2.23. The lowest BCUT2D eigenvalue weighted by Gasteiger charge is -2.30. The van der Waals surface area contributed by atoms with Gasteiger partial charge in [-0.2, -0.15) is 0 Å². The number of Topliss-reactive ketones (excluding diaryl/α,β-unsaturated/α-hetero) is 1. The Morgan fingerprint density at radius 2 is 1.93 bits per heavy atom. The molecule has 1 saturated heterocycles. The molecule has 0 amide bonds. The van der Waals surface area contributed by atoms with E-state index in [1.807, 2.05) is 12.1 Å². The second-order valence-electron chi connectivity index (χ2n) is 7.13. The van der Waals surface area contributed by atoms with Crippen molar-refractivity contribution in [2.24, 2.45) is 5.92 Å². The van der Waals surface area contributed by atoms with Crippen molar-refractivity contribution in [3.63, 3.8) is 0 Å². The van der Waals surface area contributed by atoms with Gasteiger partial charge in [-0.25, -0.2) is 4.39 Å². The van der Waals surface area contributed by atoms with Crippen molar-refractivity contribution in [3.8, 4) is 11.3 Å². The fourth-order valence-corrected chi connectivity index (χ4v) is 3.68. The Labute approximate surface area is 162 Å². The van der Waals surface area contributed by atoms with Crippen molar-refractivity contribution >= 4 is 16.7 Å². The summed E-state index contributed by atoms with van der Waals surface area (Å²) in [5.74, 6) is 0.252. The van der Waals surface area contributed by atoms with Crippen LogP contribution in [0.4, 0.5) is 4.39 Å². The molecule has 0 atom stereocenters. The Hall–Kier alpha value is -2.80. The lowest BCUT2D eigenvalue weighted by Crippen LogP contribution is -2.37. The number of carbonyl (C=O) groups excluding carboxylic acids is 1. The third-order valence-corrected chi connectivity index (χ3v) is 5.28. The summed E-state index contributed by atoms with van der Waals surface area (Å²) >= 11 is 0. The highest BCUT2D eigenvalue weighted by molar-refractivity contribution is 5.86. The first-order valence-electron chi connectivity index (χ1n) is 9.55. The van der Waals surface area contributed by atoms with Crippen LogP contribution in [0.5, 0.6) is 0 Å². The van der Waals surface area contributed by atoms with E-state index in [0.29, 0.717) is 13.0 Å². The number of nitrogens with zero attached hydrogens (tertiary/aromatic N) is 5. The highest BCUT2D eigenvalue weighted by Gasteiger charge is 2.25. The average molecular weight is 379 g/mol. The van der Waals surface area contributed by atoms with Gasteiger partial charge in [0.05, 0.1) is 23.6 Å². The van der Waals surface area contributed by atoms with Crippen molar-refractivity contribution in [1.82, 2.24) is 24.8 Å². The molecule has 0 bridgehead atoms. The van der Waals surface area contributed by atoms with Crippen molar-refractivity contribution < 1.29 is 9.18 Å². The van der Waals surface area contributed by atoms with E-state index in [1.54, 1.807) is 31.0 Å². The van der Waals surface area contributed by atoms with Gasteiger partial charge in [-0.3, -0.25) is 24.7 Å². The maximum atomic E-state index is 12.7. The zero-order chi connectivity index (χ0) is 19.3. The quantitative estimate of drug-likeness (QED) is 0.656. The lowest BCUT2D eigenvalue weighted by molar-refractivity contribution is -0.123. The Morgan fingerprint density at radius 3 is 2.68 bits per heavy atom. The van der Waals surface area contributed by atoms with Gasteiger partial charge in [0.1, 0.15) is 12.5 Å². The second-order valence-corrected chi connectivity index (χ2v) is 7.13. The molecular weight excluding hydrogens is 357 g/mol. The highest BCUT2D eigenvalue weighted by atomic mass is 19.1. The first-order chi connectivity index (χ1) is 13.7. The van der Waals surface area contributed by atoms with Gasteiger partial charge in [0.15, 0.2) is 0 Å². The molecule has 0 aliphatic carbocycles. The zero-order valence-electron chi connectivity index (χ0n) is 15.6. The number of halogens is 1. The van der Waals surface area contributed by atoms with E-state index in [2.05, 4.69) is 24.8 Å². The summed E-state index contributed by atoms with van der Waals surface area (Å²) in [4.78, 5) is 32.0. The number of hydrogen-bond donors (Lipinski definition) is 0. The molecule has 0 unspecified atom stereocenters. The number of pyridine rings is 2. The molecule has 144 valence electrons. The van der Waals surface area contributed by atoms with E-state index >= 15 is 0 Å². The molecule has 7 heteroatoms. The molecule has 1 aliphatic rings. The summed E-state index contributed by atoms with van der Waals surface area (Å²) in [6.45, 7) is 1.71. The maximum absolute atomic E-state index is 12.7. The van der Waals surface area contributed by atoms with Crippen LogP contribution in [0.2, 0.25) is 0 Å². The van der Waals surface area contributed by atoms with Gasteiger partial charge < -0.3 is 4.90 Å². The van der Waals surface area contributed by atoms with E-state index in [0.717, 1.165) is 53.8 Å². The fourth-order valence-electron chi connectivity index (χ4n) is 3.68. The van der Waals surface area contributed by atoms with E-state index < -0.39 is 0 Å². The van der Waals surface area contributed by atoms with Crippen LogP contribution in [0.3, 0.4) is 0 Å². The number of ketones is 1. The minimum Gasteiger partial charge on any atom is -0.301 e. The molecule has 4 heterocycles. The van der Waals surface area contributed by atoms with Crippen LogP contribution in [-0.2, 0) is 11.2 Å². The average Bonchev–Trinajstić information content (AvgIpc) is 2.74. The smallest absolute Gasteiger partial charge is 0.142 e. The van der Waals surface area contributed by atoms with Crippen LogP contribution in [0.15, 0.2) is 43.1 Å². The van der Waals surface area contributed by atoms with Gasteiger partial charge in [0.2, 0.25) is 0 Å². The summed E-state index contributed by atoms with van der Waals surface area (Å²) in [6.07, 6.45) is 10.4. The summed E-state index contributed by atoms with van der Waals surface area (Å²) < 4.78 is 12.5. The van der Waals surface area contributed by atoms with Crippen molar-refractivity contribution in [1.29, 1.82) is 0 Å². The molecule has 4 rings (SSSR count). The Morgan fingerprint density at radius 1 is 1.07 bits per heavy atom. The number of aromatic nitrogens is 4.